The van der Waals surface area contributed by atoms with E-state index >= 15 is 0 Å². The zero-order valence-corrected chi connectivity index (χ0v) is 9.93. The highest BCUT2D eigenvalue weighted by atomic mass is 16.5. The molecule has 1 saturated heterocycles. The van der Waals surface area contributed by atoms with Crippen molar-refractivity contribution in [1.82, 2.24) is 10.2 Å². The van der Waals surface area contributed by atoms with Gasteiger partial charge in [-0.3, -0.25) is 4.90 Å². The number of ether oxygens (including phenoxy) is 1. The molecule has 0 atom stereocenters. The fourth-order valence-electron chi connectivity index (χ4n) is 2.25. The van der Waals surface area contributed by atoms with Crippen LogP contribution in [0.2, 0.25) is 0 Å². The van der Waals surface area contributed by atoms with Gasteiger partial charge in [-0.25, -0.2) is 0 Å². The summed E-state index contributed by atoms with van der Waals surface area (Å²) in [5.74, 6) is 0. The van der Waals surface area contributed by atoms with Gasteiger partial charge in [0.15, 0.2) is 0 Å². The van der Waals surface area contributed by atoms with E-state index in [0.717, 1.165) is 32.8 Å². The summed E-state index contributed by atoms with van der Waals surface area (Å²) < 4.78 is 5.33. The minimum absolute atomic E-state index is 0.686. The van der Waals surface area contributed by atoms with Gasteiger partial charge in [0.25, 0.3) is 0 Å². The SMILES string of the molecule is CCC1(CNCCN2CCOCC2)CC1. The van der Waals surface area contributed by atoms with Crippen LogP contribution in [0.5, 0.6) is 0 Å². The summed E-state index contributed by atoms with van der Waals surface area (Å²) in [6, 6.07) is 0. The standard InChI is InChI=1S/C12H24N2O/c1-2-12(3-4-12)11-13-5-6-14-7-9-15-10-8-14/h13H,2-11H2,1H3. The molecule has 1 aliphatic carbocycles. The van der Waals surface area contributed by atoms with Crippen molar-refractivity contribution in [2.75, 3.05) is 45.9 Å². The average Bonchev–Trinajstić information content (AvgIpc) is 3.07. The van der Waals surface area contributed by atoms with Crippen LogP contribution in [0.4, 0.5) is 0 Å². The number of morpholine rings is 1. The molecule has 1 N–H and O–H groups in total. The first-order chi connectivity index (χ1) is 7.35. The topological polar surface area (TPSA) is 24.5 Å². The van der Waals surface area contributed by atoms with Crippen LogP contribution in [0.15, 0.2) is 0 Å². The van der Waals surface area contributed by atoms with E-state index in [1.165, 1.54) is 32.4 Å². The van der Waals surface area contributed by atoms with Gasteiger partial charge in [-0.1, -0.05) is 6.92 Å². The highest BCUT2D eigenvalue weighted by molar-refractivity contribution is 4.93. The van der Waals surface area contributed by atoms with Crippen LogP contribution in [0, 0.1) is 5.41 Å². The first-order valence-corrected chi connectivity index (χ1v) is 6.35. The maximum atomic E-state index is 5.33. The van der Waals surface area contributed by atoms with E-state index in [1.807, 2.05) is 0 Å². The summed E-state index contributed by atoms with van der Waals surface area (Å²) in [5.41, 5.74) is 0.686. The van der Waals surface area contributed by atoms with Crippen molar-refractivity contribution in [3.8, 4) is 0 Å². The molecule has 0 aromatic carbocycles. The molecule has 1 aliphatic heterocycles. The molecule has 2 fully saturated rings. The zero-order valence-electron chi connectivity index (χ0n) is 9.93. The molecule has 0 aromatic rings. The lowest BCUT2D eigenvalue weighted by molar-refractivity contribution is 0.0383. The third-order valence-electron chi connectivity index (χ3n) is 3.92. The Hall–Kier alpha value is -0.120. The number of nitrogens with zero attached hydrogens (tertiary/aromatic N) is 1. The van der Waals surface area contributed by atoms with Crippen LogP contribution in [0.3, 0.4) is 0 Å². The van der Waals surface area contributed by atoms with Gasteiger partial charge in [0.2, 0.25) is 0 Å². The van der Waals surface area contributed by atoms with Crippen molar-refractivity contribution in [3.05, 3.63) is 0 Å². The van der Waals surface area contributed by atoms with Crippen molar-refractivity contribution in [2.45, 2.75) is 26.2 Å². The van der Waals surface area contributed by atoms with Crippen LogP contribution in [0.1, 0.15) is 26.2 Å². The molecule has 1 heterocycles. The second kappa shape index (κ2) is 5.28. The normalized spacial score (nSPS) is 25.4. The molecule has 0 amide bonds. The lowest BCUT2D eigenvalue weighted by Gasteiger charge is -2.26. The van der Waals surface area contributed by atoms with Crippen LogP contribution in [0.25, 0.3) is 0 Å². The molecule has 0 unspecified atom stereocenters. The lowest BCUT2D eigenvalue weighted by atomic mass is 10.0. The van der Waals surface area contributed by atoms with Gasteiger partial charge < -0.3 is 10.1 Å². The van der Waals surface area contributed by atoms with Gasteiger partial charge in [-0.15, -0.1) is 0 Å². The van der Waals surface area contributed by atoms with Gasteiger partial charge in [0.1, 0.15) is 0 Å². The number of hydrogen-bond acceptors (Lipinski definition) is 3. The summed E-state index contributed by atoms with van der Waals surface area (Å²) in [4.78, 5) is 2.49. The summed E-state index contributed by atoms with van der Waals surface area (Å²) in [6.07, 6.45) is 4.22. The Labute approximate surface area is 93.2 Å². The van der Waals surface area contributed by atoms with E-state index in [-0.39, 0.29) is 0 Å². The smallest absolute Gasteiger partial charge is 0.0594 e. The van der Waals surface area contributed by atoms with E-state index < -0.39 is 0 Å². The second-order valence-corrected chi connectivity index (χ2v) is 4.98. The summed E-state index contributed by atoms with van der Waals surface area (Å²) in [7, 11) is 0. The molecular weight excluding hydrogens is 188 g/mol. The van der Waals surface area contributed by atoms with Crippen molar-refractivity contribution in [2.24, 2.45) is 5.41 Å². The fraction of sp³-hybridized carbons (Fsp3) is 1.00. The van der Waals surface area contributed by atoms with Crippen molar-refractivity contribution >= 4 is 0 Å². The average molecular weight is 212 g/mol. The van der Waals surface area contributed by atoms with Gasteiger partial charge in [0, 0.05) is 32.7 Å². The number of hydrogen-bond donors (Lipinski definition) is 1. The summed E-state index contributed by atoms with van der Waals surface area (Å²) in [5, 5.41) is 3.60. The quantitative estimate of drug-likeness (QED) is 0.667. The van der Waals surface area contributed by atoms with Crippen LogP contribution in [-0.4, -0.2) is 50.8 Å². The molecule has 3 heteroatoms. The van der Waals surface area contributed by atoms with E-state index in [0.29, 0.717) is 5.41 Å². The molecule has 88 valence electrons. The number of rotatable bonds is 6. The Morgan fingerprint density at radius 1 is 1.27 bits per heavy atom. The maximum Gasteiger partial charge on any atom is 0.0594 e. The van der Waals surface area contributed by atoms with Crippen LogP contribution >= 0.6 is 0 Å². The minimum Gasteiger partial charge on any atom is -0.379 e. The van der Waals surface area contributed by atoms with Crippen LogP contribution < -0.4 is 5.32 Å². The second-order valence-electron chi connectivity index (χ2n) is 4.98. The molecule has 1 saturated carbocycles. The third kappa shape index (κ3) is 3.44. The van der Waals surface area contributed by atoms with Crippen molar-refractivity contribution < 1.29 is 4.74 Å². The van der Waals surface area contributed by atoms with E-state index in [2.05, 4.69) is 17.1 Å². The molecule has 15 heavy (non-hydrogen) atoms. The van der Waals surface area contributed by atoms with Crippen LogP contribution in [-0.2, 0) is 4.74 Å². The molecule has 2 rings (SSSR count). The Bertz CT molecular complexity index is 186. The molecule has 0 bridgehead atoms. The molecule has 3 nitrogen and oxygen atoms in total. The van der Waals surface area contributed by atoms with Crippen molar-refractivity contribution in [1.29, 1.82) is 0 Å². The van der Waals surface area contributed by atoms with Gasteiger partial charge in [0.05, 0.1) is 13.2 Å². The molecule has 2 aliphatic rings. The van der Waals surface area contributed by atoms with E-state index in [9.17, 15) is 0 Å². The van der Waals surface area contributed by atoms with E-state index in [4.69, 9.17) is 4.74 Å². The molecule has 0 radical (unpaired) electrons. The number of nitrogens with one attached hydrogen (secondary N) is 1. The minimum atomic E-state index is 0.686. The van der Waals surface area contributed by atoms with Gasteiger partial charge >= 0.3 is 0 Å². The predicted molar refractivity (Wildman–Crippen MR) is 62.1 cm³/mol. The Morgan fingerprint density at radius 3 is 2.60 bits per heavy atom. The molecule has 0 spiro atoms. The molecule has 0 aromatic heterocycles. The first-order valence-electron chi connectivity index (χ1n) is 6.35. The lowest BCUT2D eigenvalue weighted by Crippen LogP contribution is -2.41. The first kappa shape index (κ1) is 11.4. The van der Waals surface area contributed by atoms with Gasteiger partial charge in [-0.2, -0.15) is 0 Å². The highest BCUT2D eigenvalue weighted by Gasteiger charge is 2.39. The Balaban J connectivity index is 1.51. The highest BCUT2D eigenvalue weighted by Crippen LogP contribution is 2.47. The Kier molecular flexibility index (Phi) is 4.00. The third-order valence-corrected chi connectivity index (χ3v) is 3.92. The predicted octanol–water partition coefficient (Wildman–Crippen LogP) is 1.10. The monoisotopic (exact) mass is 212 g/mol. The maximum absolute atomic E-state index is 5.33. The fourth-order valence-corrected chi connectivity index (χ4v) is 2.25. The summed E-state index contributed by atoms with van der Waals surface area (Å²) in [6.45, 7) is 9.92. The molecular formula is C12H24N2O. The zero-order chi connectivity index (χ0) is 10.6. The summed E-state index contributed by atoms with van der Waals surface area (Å²) >= 11 is 0. The largest absolute Gasteiger partial charge is 0.379 e. The van der Waals surface area contributed by atoms with E-state index in [1.54, 1.807) is 0 Å². The Morgan fingerprint density at radius 2 is 2.00 bits per heavy atom. The van der Waals surface area contributed by atoms with Crippen molar-refractivity contribution in [3.63, 3.8) is 0 Å². The van der Waals surface area contributed by atoms with Gasteiger partial charge in [-0.05, 0) is 24.7 Å².